The molecule has 19 heavy (non-hydrogen) atoms. The van der Waals surface area contributed by atoms with E-state index >= 15 is 0 Å². The van der Waals surface area contributed by atoms with Gasteiger partial charge >= 0.3 is 5.97 Å². The molecule has 2 aromatic rings. The third-order valence-electron chi connectivity index (χ3n) is 2.47. The zero-order chi connectivity index (χ0) is 14.0. The molecule has 5 nitrogen and oxygen atoms in total. The van der Waals surface area contributed by atoms with E-state index in [4.69, 9.17) is 21.1 Å². The minimum atomic E-state index is -1.23. The van der Waals surface area contributed by atoms with Crippen LogP contribution in [0.4, 0.5) is 5.69 Å². The van der Waals surface area contributed by atoms with E-state index in [0.29, 0.717) is 10.7 Å². The summed E-state index contributed by atoms with van der Waals surface area (Å²) in [5.41, 5.74) is 1.15. The molecule has 0 unspecified atom stereocenters. The lowest BCUT2D eigenvalue weighted by Crippen LogP contribution is -2.15. The number of anilines is 1. The maximum Gasteiger partial charge on any atom is 0.339 e. The lowest BCUT2D eigenvalue weighted by atomic mass is 10.2. The number of furan rings is 1. The van der Waals surface area contributed by atoms with E-state index < -0.39 is 11.9 Å². The van der Waals surface area contributed by atoms with E-state index in [9.17, 15) is 9.59 Å². The van der Waals surface area contributed by atoms with Crippen molar-refractivity contribution in [2.24, 2.45) is 0 Å². The quantitative estimate of drug-likeness (QED) is 0.904. The van der Waals surface area contributed by atoms with Gasteiger partial charge in [0.25, 0.3) is 5.91 Å². The number of benzene rings is 1. The molecule has 1 aromatic carbocycles. The Balaban J connectivity index is 2.26. The van der Waals surface area contributed by atoms with Gasteiger partial charge in [-0.3, -0.25) is 4.79 Å². The summed E-state index contributed by atoms with van der Waals surface area (Å²) in [7, 11) is 0. The SMILES string of the molecule is Cc1ccc(NC(=O)c2occc2C(=O)O)c(Cl)c1. The second kappa shape index (κ2) is 5.16. The summed E-state index contributed by atoms with van der Waals surface area (Å²) in [5.74, 6) is -2.15. The second-order valence-electron chi connectivity index (χ2n) is 3.91. The number of aryl methyl sites for hydroxylation is 1. The highest BCUT2D eigenvalue weighted by Crippen LogP contribution is 2.24. The molecule has 0 spiro atoms. The smallest absolute Gasteiger partial charge is 0.339 e. The van der Waals surface area contributed by atoms with E-state index in [1.807, 2.05) is 6.92 Å². The zero-order valence-electron chi connectivity index (χ0n) is 9.94. The van der Waals surface area contributed by atoms with Crippen LogP contribution in [0.1, 0.15) is 26.5 Å². The van der Waals surface area contributed by atoms with Gasteiger partial charge in [-0.2, -0.15) is 0 Å². The zero-order valence-corrected chi connectivity index (χ0v) is 10.7. The minimum absolute atomic E-state index is 0.194. The van der Waals surface area contributed by atoms with E-state index in [2.05, 4.69) is 5.32 Å². The van der Waals surface area contributed by atoms with E-state index in [1.54, 1.807) is 18.2 Å². The van der Waals surface area contributed by atoms with Crippen molar-refractivity contribution in [1.82, 2.24) is 0 Å². The standard InChI is InChI=1S/C13H10ClNO4/c1-7-2-3-10(9(14)6-7)15-12(16)11-8(13(17)18)4-5-19-11/h2-6H,1H3,(H,15,16)(H,17,18). The summed E-state index contributed by atoms with van der Waals surface area (Å²) in [6.45, 7) is 1.87. The van der Waals surface area contributed by atoms with Crippen molar-refractivity contribution in [3.63, 3.8) is 0 Å². The Hall–Kier alpha value is -2.27. The summed E-state index contributed by atoms with van der Waals surface area (Å²) in [6, 6.07) is 6.33. The average molecular weight is 280 g/mol. The monoisotopic (exact) mass is 279 g/mol. The molecule has 6 heteroatoms. The Morgan fingerprint density at radius 1 is 1.32 bits per heavy atom. The van der Waals surface area contributed by atoms with Crippen LogP contribution in [0.25, 0.3) is 0 Å². The van der Waals surface area contributed by atoms with Gasteiger partial charge in [-0.15, -0.1) is 0 Å². The average Bonchev–Trinajstić information content (AvgIpc) is 2.82. The molecule has 1 heterocycles. The molecule has 0 aliphatic carbocycles. The fraction of sp³-hybridized carbons (Fsp3) is 0.0769. The van der Waals surface area contributed by atoms with Gasteiger partial charge in [0.15, 0.2) is 0 Å². The Morgan fingerprint density at radius 2 is 2.05 bits per heavy atom. The highest BCUT2D eigenvalue weighted by Gasteiger charge is 2.20. The van der Waals surface area contributed by atoms with Crippen molar-refractivity contribution in [3.8, 4) is 0 Å². The van der Waals surface area contributed by atoms with Crippen LogP contribution in [0.15, 0.2) is 34.9 Å². The lowest BCUT2D eigenvalue weighted by molar-refractivity contribution is 0.0690. The van der Waals surface area contributed by atoms with Crippen molar-refractivity contribution in [2.75, 3.05) is 5.32 Å². The maximum atomic E-state index is 11.9. The van der Waals surface area contributed by atoms with Gasteiger partial charge in [0.05, 0.1) is 17.0 Å². The van der Waals surface area contributed by atoms with Gasteiger partial charge < -0.3 is 14.8 Å². The van der Waals surface area contributed by atoms with Crippen molar-refractivity contribution in [3.05, 3.63) is 52.4 Å². The van der Waals surface area contributed by atoms with E-state index in [1.165, 1.54) is 6.07 Å². The van der Waals surface area contributed by atoms with Crippen molar-refractivity contribution >= 4 is 29.2 Å². The normalized spacial score (nSPS) is 10.2. The molecule has 0 bridgehead atoms. The topological polar surface area (TPSA) is 79.5 Å². The highest BCUT2D eigenvalue weighted by molar-refractivity contribution is 6.34. The Kier molecular flexibility index (Phi) is 3.57. The summed E-state index contributed by atoms with van der Waals surface area (Å²) < 4.78 is 4.89. The van der Waals surface area contributed by atoms with Crippen LogP contribution in [0, 0.1) is 6.92 Å². The van der Waals surface area contributed by atoms with E-state index in [-0.39, 0.29) is 11.3 Å². The van der Waals surface area contributed by atoms with Gasteiger partial charge in [0.2, 0.25) is 5.76 Å². The summed E-state index contributed by atoms with van der Waals surface area (Å²) in [5, 5.41) is 11.8. The number of carbonyl (C=O) groups excluding carboxylic acids is 1. The van der Waals surface area contributed by atoms with Crippen LogP contribution in [-0.4, -0.2) is 17.0 Å². The van der Waals surface area contributed by atoms with Crippen molar-refractivity contribution < 1.29 is 19.1 Å². The fourth-order valence-corrected chi connectivity index (χ4v) is 1.84. The predicted molar refractivity (Wildman–Crippen MR) is 69.8 cm³/mol. The minimum Gasteiger partial charge on any atom is -0.478 e. The molecule has 2 rings (SSSR count). The Morgan fingerprint density at radius 3 is 2.68 bits per heavy atom. The first-order valence-corrected chi connectivity index (χ1v) is 5.75. The molecule has 0 radical (unpaired) electrons. The highest BCUT2D eigenvalue weighted by atomic mass is 35.5. The molecule has 2 N–H and O–H groups in total. The molecule has 0 saturated carbocycles. The first-order chi connectivity index (χ1) is 8.99. The van der Waals surface area contributed by atoms with Crippen molar-refractivity contribution in [2.45, 2.75) is 6.92 Å². The van der Waals surface area contributed by atoms with E-state index in [0.717, 1.165) is 11.8 Å². The van der Waals surface area contributed by atoms with Crippen LogP contribution in [0.3, 0.4) is 0 Å². The van der Waals surface area contributed by atoms with Gasteiger partial charge in [-0.25, -0.2) is 4.79 Å². The first kappa shape index (κ1) is 13.2. The third-order valence-corrected chi connectivity index (χ3v) is 2.79. The summed E-state index contributed by atoms with van der Waals surface area (Å²) >= 11 is 5.98. The van der Waals surface area contributed by atoms with Gasteiger partial charge in [-0.1, -0.05) is 17.7 Å². The Bertz CT molecular complexity index is 648. The number of halogens is 1. The van der Waals surface area contributed by atoms with Gasteiger partial charge in [0.1, 0.15) is 5.56 Å². The molecule has 1 amide bonds. The largest absolute Gasteiger partial charge is 0.478 e. The number of carbonyl (C=O) groups is 2. The van der Waals surface area contributed by atoms with Crippen LogP contribution in [0.5, 0.6) is 0 Å². The number of carboxylic acid groups (broad SMARTS) is 1. The number of nitrogens with one attached hydrogen (secondary N) is 1. The number of hydrogen-bond acceptors (Lipinski definition) is 3. The molecule has 98 valence electrons. The molecule has 0 saturated heterocycles. The maximum absolute atomic E-state index is 11.9. The molecule has 0 aliphatic heterocycles. The van der Waals surface area contributed by atoms with Crippen LogP contribution in [-0.2, 0) is 0 Å². The molecule has 0 aliphatic rings. The first-order valence-electron chi connectivity index (χ1n) is 5.37. The van der Waals surface area contributed by atoms with Gasteiger partial charge in [-0.05, 0) is 30.7 Å². The lowest BCUT2D eigenvalue weighted by Gasteiger charge is -2.06. The summed E-state index contributed by atoms with van der Waals surface area (Å²) in [4.78, 5) is 22.8. The second-order valence-corrected chi connectivity index (χ2v) is 4.31. The number of amides is 1. The van der Waals surface area contributed by atoms with Crippen molar-refractivity contribution in [1.29, 1.82) is 0 Å². The molecule has 0 fully saturated rings. The number of carboxylic acids is 1. The van der Waals surface area contributed by atoms with Crippen LogP contribution < -0.4 is 5.32 Å². The van der Waals surface area contributed by atoms with Crippen LogP contribution >= 0.6 is 11.6 Å². The fourth-order valence-electron chi connectivity index (χ4n) is 1.55. The number of rotatable bonds is 3. The van der Waals surface area contributed by atoms with Crippen LogP contribution in [0.2, 0.25) is 5.02 Å². The predicted octanol–water partition coefficient (Wildman–Crippen LogP) is 3.19. The van der Waals surface area contributed by atoms with Gasteiger partial charge in [0, 0.05) is 0 Å². The third kappa shape index (κ3) is 2.77. The molecule has 1 aromatic heterocycles. The molecule has 0 atom stereocenters. The molecular weight excluding hydrogens is 270 g/mol. The molecular formula is C13H10ClNO4. The summed E-state index contributed by atoms with van der Waals surface area (Å²) in [6.07, 6.45) is 1.15. The number of aromatic carboxylic acids is 1. The Labute approximate surface area is 113 Å². The number of hydrogen-bond donors (Lipinski definition) is 2.